The van der Waals surface area contributed by atoms with Gasteiger partial charge in [-0.25, -0.2) is 13.1 Å². The number of ether oxygens (including phenoxy) is 1. The smallest absolute Gasteiger partial charge is 0.325 e. The highest BCUT2D eigenvalue weighted by atomic mass is 32.2. The van der Waals surface area contributed by atoms with Gasteiger partial charge in [0.05, 0.1) is 6.20 Å². The Labute approximate surface area is 123 Å². The Morgan fingerprint density at radius 3 is 2.86 bits per heavy atom. The summed E-state index contributed by atoms with van der Waals surface area (Å²) in [5.74, 6) is -1.08. The maximum absolute atomic E-state index is 12.1. The summed E-state index contributed by atoms with van der Waals surface area (Å²) in [7, 11) is -2.04. The highest BCUT2D eigenvalue weighted by Crippen LogP contribution is 2.48. The van der Waals surface area contributed by atoms with Gasteiger partial charge in [0.25, 0.3) is 0 Å². The molecule has 0 saturated heterocycles. The molecule has 1 aliphatic rings. The molecule has 9 heteroatoms. The lowest BCUT2D eigenvalue weighted by atomic mass is 10.0. The maximum atomic E-state index is 12.1. The lowest BCUT2D eigenvalue weighted by Crippen LogP contribution is -2.30. The van der Waals surface area contributed by atoms with Crippen molar-refractivity contribution >= 4 is 16.0 Å². The van der Waals surface area contributed by atoms with Crippen LogP contribution in [0, 0.1) is 5.41 Å². The van der Waals surface area contributed by atoms with Gasteiger partial charge >= 0.3 is 5.97 Å². The van der Waals surface area contributed by atoms with Gasteiger partial charge in [-0.1, -0.05) is 0 Å². The molecule has 1 aromatic heterocycles. The van der Waals surface area contributed by atoms with Crippen molar-refractivity contribution in [1.29, 1.82) is 0 Å². The summed E-state index contributed by atoms with van der Waals surface area (Å²) < 4.78 is 32.9. The molecule has 1 heterocycles. The Hall–Kier alpha value is -1.45. The largest absolute Gasteiger partial charge is 0.480 e. The normalized spacial score (nSPS) is 16.8. The first-order valence-corrected chi connectivity index (χ1v) is 8.08. The SMILES string of the molecule is COCCC1(CNS(=O)(=O)c2cnn(CC(=O)O)c2)CC1. The zero-order chi connectivity index (χ0) is 15.5. The molecule has 0 amide bonds. The molecule has 0 spiro atoms. The molecule has 21 heavy (non-hydrogen) atoms. The van der Waals surface area contributed by atoms with E-state index in [9.17, 15) is 13.2 Å². The van der Waals surface area contributed by atoms with E-state index < -0.39 is 16.0 Å². The van der Waals surface area contributed by atoms with Crippen molar-refractivity contribution in [3.8, 4) is 0 Å². The first-order chi connectivity index (χ1) is 9.87. The number of carbonyl (C=O) groups is 1. The van der Waals surface area contributed by atoms with Crippen LogP contribution in [-0.4, -0.2) is 49.5 Å². The highest BCUT2D eigenvalue weighted by Gasteiger charge is 2.42. The second kappa shape index (κ2) is 6.12. The summed E-state index contributed by atoms with van der Waals surface area (Å²) >= 11 is 0. The first kappa shape index (κ1) is 15.9. The zero-order valence-electron chi connectivity index (χ0n) is 11.8. The minimum atomic E-state index is -3.66. The van der Waals surface area contributed by atoms with Crippen LogP contribution in [0.4, 0.5) is 0 Å². The van der Waals surface area contributed by atoms with Crippen LogP contribution in [0.25, 0.3) is 0 Å². The fourth-order valence-corrected chi connectivity index (χ4v) is 3.16. The van der Waals surface area contributed by atoms with Crippen LogP contribution in [0.2, 0.25) is 0 Å². The third-order valence-electron chi connectivity index (χ3n) is 3.65. The quantitative estimate of drug-likeness (QED) is 0.666. The lowest BCUT2D eigenvalue weighted by molar-refractivity contribution is -0.137. The summed E-state index contributed by atoms with van der Waals surface area (Å²) in [6.07, 6.45) is 5.16. The number of hydrogen-bond acceptors (Lipinski definition) is 5. The van der Waals surface area contributed by atoms with Gasteiger partial charge < -0.3 is 9.84 Å². The fourth-order valence-electron chi connectivity index (χ4n) is 2.05. The highest BCUT2D eigenvalue weighted by molar-refractivity contribution is 7.89. The number of carboxylic acids is 1. The molecule has 1 aromatic rings. The molecular weight excluding hydrogens is 298 g/mol. The molecular formula is C12H19N3O5S. The van der Waals surface area contributed by atoms with E-state index >= 15 is 0 Å². The molecule has 1 saturated carbocycles. The second-order valence-corrected chi connectivity index (χ2v) is 7.10. The molecule has 8 nitrogen and oxygen atoms in total. The van der Waals surface area contributed by atoms with Gasteiger partial charge in [0.1, 0.15) is 11.4 Å². The summed E-state index contributed by atoms with van der Waals surface area (Å²) in [6, 6.07) is 0. The summed E-state index contributed by atoms with van der Waals surface area (Å²) in [5.41, 5.74) is 0.000138. The van der Waals surface area contributed by atoms with Crippen molar-refractivity contribution in [2.75, 3.05) is 20.3 Å². The number of aromatic nitrogens is 2. The molecule has 0 aliphatic heterocycles. The van der Waals surface area contributed by atoms with E-state index in [-0.39, 0.29) is 16.9 Å². The van der Waals surface area contributed by atoms with E-state index in [1.54, 1.807) is 7.11 Å². The van der Waals surface area contributed by atoms with Crippen LogP contribution < -0.4 is 4.72 Å². The standard InChI is InChI=1S/C12H19N3O5S/c1-20-5-4-12(2-3-12)9-14-21(18,19)10-6-13-15(7-10)8-11(16)17/h6-7,14H,2-5,8-9H2,1H3,(H,16,17). The van der Waals surface area contributed by atoms with Gasteiger partial charge in [-0.3, -0.25) is 9.48 Å². The van der Waals surface area contributed by atoms with E-state index in [4.69, 9.17) is 9.84 Å². The van der Waals surface area contributed by atoms with E-state index in [1.165, 1.54) is 6.20 Å². The molecule has 0 radical (unpaired) electrons. The monoisotopic (exact) mass is 317 g/mol. The average molecular weight is 317 g/mol. The van der Waals surface area contributed by atoms with Crippen molar-refractivity contribution in [3.05, 3.63) is 12.4 Å². The Morgan fingerprint density at radius 2 is 2.29 bits per heavy atom. The first-order valence-electron chi connectivity index (χ1n) is 6.60. The number of aliphatic carboxylic acids is 1. The second-order valence-electron chi connectivity index (χ2n) is 5.33. The topological polar surface area (TPSA) is 111 Å². The number of nitrogens with one attached hydrogen (secondary N) is 1. The van der Waals surface area contributed by atoms with Crippen LogP contribution in [0.1, 0.15) is 19.3 Å². The molecule has 2 rings (SSSR count). The molecule has 0 aromatic carbocycles. The van der Waals surface area contributed by atoms with Crippen molar-refractivity contribution in [2.45, 2.75) is 30.7 Å². The molecule has 0 atom stereocenters. The van der Waals surface area contributed by atoms with Crippen molar-refractivity contribution < 1.29 is 23.1 Å². The summed E-state index contributed by atoms with van der Waals surface area (Å²) in [6.45, 7) is 0.606. The fraction of sp³-hybridized carbons (Fsp3) is 0.667. The lowest BCUT2D eigenvalue weighted by Gasteiger charge is -2.15. The zero-order valence-corrected chi connectivity index (χ0v) is 12.6. The number of carboxylic acid groups (broad SMARTS) is 1. The van der Waals surface area contributed by atoms with Gasteiger partial charge in [0.15, 0.2) is 0 Å². The van der Waals surface area contributed by atoms with Crippen LogP contribution >= 0.6 is 0 Å². The summed E-state index contributed by atoms with van der Waals surface area (Å²) in [4.78, 5) is 10.5. The van der Waals surface area contributed by atoms with Crippen molar-refractivity contribution in [1.82, 2.24) is 14.5 Å². The maximum Gasteiger partial charge on any atom is 0.325 e. The minimum Gasteiger partial charge on any atom is -0.480 e. The Morgan fingerprint density at radius 1 is 1.57 bits per heavy atom. The number of sulfonamides is 1. The average Bonchev–Trinajstić information content (AvgIpc) is 3.04. The van der Waals surface area contributed by atoms with Gasteiger partial charge in [-0.2, -0.15) is 5.10 Å². The van der Waals surface area contributed by atoms with E-state index in [0.29, 0.717) is 13.2 Å². The molecule has 1 fully saturated rings. The van der Waals surface area contributed by atoms with Gasteiger partial charge in [-0.15, -0.1) is 0 Å². The molecule has 118 valence electrons. The van der Waals surface area contributed by atoms with E-state index in [2.05, 4.69) is 9.82 Å². The van der Waals surface area contributed by atoms with Gasteiger partial charge in [0, 0.05) is 26.5 Å². The van der Waals surface area contributed by atoms with Gasteiger partial charge in [-0.05, 0) is 24.7 Å². The number of hydrogen-bond donors (Lipinski definition) is 2. The van der Waals surface area contributed by atoms with E-state index in [0.717, 1.165) is 30.1 Å². The Kier molecular flexibility index (Phi) is 4.64. The number of rotatable bonds is 9. The Balaban J connectivity index is 1.95. The minimum absolute atomic E-state index is 0.000138. The third-order valence-corrected chi connectivity index (χ3v) is 5.00. The number of nitrogens with zero attached hydrogens (tertiary/aromatic N) is 2. The van der Waals surface area contributed by atoms with Crippen molar-refractivity contribution in [3.63, 3.8) is 0 Å². The van der Waals surface area contributed by atoms with Crippen LogP contribution in [0.3, 0.4) is 0 Å². The van der Waals surface area contributed by atoms with Crippen molar-refractivity contribution in [2.24, 2.45) is 5.41 Å². The Bertz CT molecular complexity index is 606. The van der Waals surface area contributed by atoms with Crippen LogP contribution in [-0.2, 0) is 26.1 Å². The summed E-state index contributed by atoms with van der Waals surface area (Å²) in [5, 5.41) is 12.4. The van der Waals surface area contributed by atoms with Crippen LogP contribution in [0.5, 0.6) is 0 Å². The molecule has 2 N–H and O–H groups in total. The van der Waals surface area contributed by atoms with E-state index in [1.807, 2.05) is 0 Å². The molecule has 0 unspecified atom stereocenters. The van der Waals surface area contributed by atoms with Crippen LogP contribution in [0.15, 0.2) is 17.3 Å². The predicted molar refractivity (Wildman–Crippen MR) is 73.2 cm³/mol. The predicted octanol–water partition coefficient (Wildman–Crippen LogP) is 0.0627. The molecule has 1 aliphatic carbocycles. The molecule has 0 bridgehead atoms. The number of methoxy groups -OCH3 is 1. The van der Waals surface area contributed by atoms with Gasteiger partial charge in [0.2, 0.25) is 10.0 Å². The third kappa shape index (κ3) is 4.26.